The number of hydrogen-bond donors (Lipinski definition) is 2. The van der Waals surface area contributed by atoms with Crippen molar-refractivity contribution < 1.29 is 23.7 Å². The second-order valence-corrected chi connectivity index (χ2v) is 6.40. The van der Waals surface area contributed by atoms with Gasteiger partial charge in [-0.1, -0.05) is 11.3 Å². The molecule has 0 aliphatic carbocycles. The molecule has 9 heteroatoms. The first-order valence-electron chi connectivity index (χ1n) is 7.23. The van der Waals surface area contributed by atoms with Crippen LogP contribution in [0.1, 0.15) is 22.8 Å². The van der Waals surface area contributed by atoms with Crippen LogP contribution in [-0.4, -0.2) is 31.9 Å². The van der Waals surface area contributed by atoms with Crippen molar-refractivity contribution in [1.29, 1.82) is 0 Å². The SMILES string of the molecule is COc1c(C2CC(=O)Nc3nc(N)sc32)cc2c(c1OC)OCO2. The Balaban J connectivity index is 1.92. The van der Waals surface area contributed by atoms with Crippen molar-refractivity contribution in [1.82, 2.24) is 4.98 Å². The summed E-state index contributed by atoms with van der Waals surface area (Å²) in [7, 11) is 3.09. The molecule has 1 aromatic heterocycles. The minimum atomic E-state index is -0.248. The van der Waals surface area contributed by atoms with Crippen LogP contribution in [-0.2, 0) is 4.79 Å². The summed E-state index contributed by atoms with van der Waals surface area (Å²) in [5.74, 6) is 2.15. The molecule has 3 heterocycles. The monoisotopic (exact) mass is 349 g/mol. The van der Waals surface area contributed by atoms with E-state index in [0.29, 0.717) is 33.9 Å². The van der Waals surface area contributed by atoms with Crippen LogP contribution in [0.4, 0.5) is 10.9 Å². The second-order valence-electron chi connectivity index (χ2n) is 5.34. The molecular formula is C15H15N3O5S. The highest BCUT2D eigenvalue weighted by molar-refractivity contribution is 7.16. The quantitative estimate of drug-likeness (QED) is 0.872. The molecule has 2 aliphatic rings. The van der Waals surface area contributed by atoms with Crippen molar-refractivity contribution in [3.8, 4) is 23.0 Å². The molecule has 0 bridgehead atoms. The van der Waals surface area contributed by atoms with E-state index in [9.17, 15) is 4.79 Å². The minimum absolute atomic E-state index is 0.113. The fourth-order valence-electron chi connectivity index (χ4n) is 3.06. The smallest absolute Gasteiger partial charge is 0.231 e. The number of anilines is 2. The Morgan fingerprint density at radius 2 is 2.12 bits per heavy atom. The van der Waals surface area contributed by atoms with E-state index in [1.165, 1.54) is 18.4 Å². The number of ether oxygens (including phenoxy) is 4. The number of rotatable bonds is 3. The molecule has 3 N–H and O–H groups in total. The van der Waals surface area contributed by atoms with Gasteiger partial charge in [-0.25, -0.2) is 4.98 Å². The number of methoxy groups -OCH3 is 2. The summed E-state index contributed by atoms with van der Waals surface area (Å²) in [6.45, 7) is 0.113. The third kappa shape index (κ3) is 2.12. The van der Waals surface area contributed by atoms with Crippen LogP contribution in [0.3, 0.4) is 0 Å². The lowest BCUT2D eigenvalue weighted by Crippen LogP contribution is -2.23. The van der Waals surface area contributed by atoms with E-state index >= 15 is 0 Å². The molecule has 2 aliphatic heterocycles. The maximum absolute atomic E-state index is 12.1. The Kier molecular flexibility index (Phi) is 3.38. The van der Waals surface area contributed by atoms with Gasteiger partial charge in [0.25, 0.3) is 0 Å². The summed E-state index contributed by atoms with van der Waals surface area (Å²) >= 11 is 1.34. The van der Waals surface area contributed by atoms with Crippen molar-refractivity contribution in [2.45, 2.75) is 12.3 Å². The number of fused-ring (bicyclic) bond motifs is 2. The van der Waals surface area contributed by atoms with Gasteiger partial charge in [-0.05, 0) is 6.07 Å². The number of nitrogens with two attached hydrogens (primary N) is 1. The van der Waals surface area contributed by atoms with Crippen LogP contribution in [0, 0.1) is 0 Å². The predicted molar refractivity (Wildman–Crippen MR) is 87.3 cm³/mol. The van der Waals surface area contributed by atoms with E-state index in [1.54, 1.807) is 7.11 Å². The topological polar surface area (TPSA) is 105 Å². The number of nitrogens with zero attached hydrogens (tertiary/aromatic N) is 1. The molecule has 8 nitrogen and oxygen atoms in total. The lowest BCUT2D eigenvalue weighted by atomic mass is 9.90. The van der Waals surface area contributed by atoms with Gasteiger partial charge in [0.15, 0.2) is 16.6 Å². The van der Waals surface area contributed by atoms with Crippen LogP contribution < -0.4 is 30.0 Å². The van der Waals surface area contributed by atoms with Crippen LogP contribution in [0.2, 0.25) is 0 Å². The van der Waals surface area contributed by atoms with E-state index in [4.69, 9.17) is 24.7 Å². The Morgan fingerprint density at radius 3 is 2.88 bits per heavy atom. The number of thiazole rings is 1. The largest absolute Gasteiger partial charge is 0.492 e. The third-order valence-electron chi connectivity index (χ3n) is 4.02. The van der Waals surface area contributed by atoms with Gasteiger partial charge in [-0.2, -0.15) is 0 Å². The van der Waals surface area contributed by atoms with Crippen LogP contribution >= 0.6 is 11.3 Å². The number of benzene rings is 1. The van der Waals surface area contributed by atoms with E-state index in [-0.39, 0.29) is 25.0 Å². The minimum Gasteiger partial charge on any atom is -0.492 e. The van der Waals surface area contributed by atoms with Crippen molar-refractivity contribution >= 4 is 28.2 Å². The highest BCUT2D eigenvalue weighted by atomic mass is 32.1. The van der Waals surface area contributed by atoms with Crippen molar-refractivity contribution in [2.24, 2.45) is 0 Å². The van der Waals surface area contributed by atoms with Crippen molar-refractivity contribution in [3.63, 3.8) is 0 Å². The maximum atomic E-state index is 12.1. The van der Waals surface area contributed by atoms with E-state index in [2.05, 4.69) is 10.3 Å². The van der Waals surface area contributed by atoms with Crippen LogP contribution in [0.25, 0.3) is 0 Å². The first-order chi connectivity index (χ1) is 11.6. The van der Waals surface area contributed by atoms with Crippen LogP contribution in [0.15, 0.2) is 6.07 Å². The molecule has 1 amide bonds. The Labute approximate surface area is 141 Å². The molecule has 0 saturated carbocycles. The lowest BCUT2D eigenvalue weighted by Gasteiger charge is -2.24. The number of nitrogens with one attached hydrogen (secondary N) is 1. The predicted octanol–water partition coefficient (Wildman–Crippen LogP) is 1.95. The summed E-state index contributed by atoms with van der Waals surface area (Å²) in [6.07, 6.45) is 0.258. The summed E-state index contributed by atoms with van der Waals surface area (Å²) in [6, 6.07) is 1.83. The second kappa shape index (κ2) is 5.45. The molecule has 1 atom stereocenters. The number of aromatic nitrogens is 1. The van der Waals surface area contributed by atoms with Gasteiger partial charge in [0.1, 0.15) is 5.82 Å². The Hall–Kier alpha value is -2.68. The standard InChI is InChI=1S/C15H15N3O5S/c1-20-10-6(3-8-11(12(10)21-2)23-5-22-8)7-4-9(19)17-14-13(7)24-15(16)18-14/h3,7H,4-5H2,1-2H3,(H2,16,18)(H,17,19). The molecular weight excluding hydrogens is 334 g/mol. The number of hydrogen-bond acceptors (Lipinski definition) is 8. The number of nitrogen functional groups attached to an aromatic ring is 1. The number of carbonyl (C=O) groups is 1. The van der Waals surface area contributed by atoms with Crippen molar-refractivity contribution in [3.05, 3.63) is 16.5 Å². The van der Waals surface area contributed by atoms with Gasteiger partial charge in [0.2, 0.25) is 24.2 Å². The first kappa shape index (κ1) is 14.9. The molecule has 126 valence electrons. The molecule has 1 unspecified atom stereocenters. The zero-order valence-electron chi connectivity index (χ0n) is 13.0. The highest BCUT2D eigenvalue weighted by Crippen LogP contribution is 2.54. The van der Waals surface area contributed by atoms with Gasteiger partial charge in [0.05, 0.1) is 19.1 Å². The fourth-order valence-corrected chi connectivity index (χ4v) is 3.96. The Morgan fingerprint density at radius 1 is 1.33 bits per heavy atom. The van der Waals surface area contributed by atoms with Gasteiger partial charge in [0, 0.05) is 17.9 Å². The molecule has 0 radical (unpaired) electrons. The number of carbonyl (C=O) groups excluding carboxylic acids is 1. The van der Waals surface area contributed by atoms with Gasteiger partial charge in [-0.15, -0.1) is 0 Å². The van der Waals surface area contributed by atoms with Crippen LogP contribution in [0.5, 0.6) is 23.0 Å². The van der Waals surface area contributed by atoms with Gasteiger partial charge < -0.3 is 30.0 Å². The van der Waals surface area contributed by atoms with Gasteiger partial charge in [-0.3, -0.25) is 4.79 Å². The Bertz CT molecular complexity index is 835. The maximum Gasteiger partial charge on any atom is 0.231 e. The molecule has 0 saturated heterocycles. The summed E-state index contributed by atoms with van der Waals surface area (Å²) in [5, 5.41) is 3.15. The number of amides is 1. The van der Waals surface area contributed by atoms with Gasteiger partial charge >= 0.3 is 0 Å². The highest BCUT2D eigenvalue weighted by Gasteiger charge is 2.35. The molecule has 1 aromatic carbocycles. The van der Waals surface area contributed by atoms with E-state index < -0.39 is 0 Å². The fraction of sp³-hybridized carbons (Fsp3) is 0.333. The molecule has 24 heavy (non-hydrogen) atoms. The average Bonchev–Trinajstić information content (AvgIpc) is 3.17. The molecule has 2 aromatic rings. The average molecular weight is 349 g/mol. The lowest BCUT2D eigenvalue weighted by molar-refractivity contribution is -0.116. The summed E-state index contributed by atoms with van der Waals surface area (Å²) in [4.78, 5) is 17.2. The third-order valence-corrected chi connectivity index (χ3v) is 5.02. The zero-order valence-corrected chi connectivity index (χ0v) is 13.9. The molecule has 0 spiro atoms. The summed E-state index contributed by atoms with van der Waals surface area (Å²) in [5.41, 5.74) is 6.59. The molecule has 0 fully saturated rings. The summed E-state index contributed by atoms with van der Waals surface area (Å²) < 4.78 is 22.0. The first-order valence-corrected chi connectivity index (χ1v) is 8.04. The van der Waals surface area contributed by atoms with Crippen molar-refractivity contribution in [2.75, 3.05) is 32.1 Å². The zero-order chi connectivity index (χ0) is 16.8. The molecule has 4 rings (SSSR count). The van der Waals surface area contributed by atoms with E-state index in [0.717, 1.165) is 10.4 Å². The normalized spacial score (nSPS) is 18.1. The van der Waals surface area contributed by atoms with E-state index in [1.807, 2.05) is 6.07 Å².